The maximum Gasteiger partial charge on any atom is 0.272 e. The number of nitrogens with one attached hydrogen (secondary N) is 1. The van der Waals surface area contributed by atoms with E-state index in [0.717, 1.165) is 22.6 Å². The predicted molar refractivity (Wildman–Crippen MR) is 131 cm³/mol. The zero-order valence-corrected chi connectivity index (χ0v) is 21.2. The number of aromatic nitrogens is 2. The average molecular weight is 547 g/mol. The van der Waals surface area contributed by atoms with Gasteiger partial charge in [-0.05, 0) is 42.8 Å². The lowest BCUT2D eigenvalue weighted by Crippen LogP contribution is -2.48. The zero-order valence-electron chi connectivity index (χ0n) is 17.3. The maximum atomic E-state index is 13.1. The summed E-state index contributed by atoms with van der Waals surface area (Å²) in [5, 5.41) is 11.4. The van der Waals surface area contributed by atoms with E-state index in [9.17, 15) is 13.2 Å². The monoisotopic (exact) mass is 545 g/mol. The summed E-state index contributed by atoms with van der Waals surface area (Å²) in [5.74, 6) is -0.540. The number of halogens is 3. The third-order valence-electron chi connectivity index (χ3n) is 5.11. The number of hydrogen-bond donors (Lipinski definition) is 1. The lowest BCUT2D eigenvalue weighted by atomic mass is 10.1. The van der Waals surface area contributed by atoms with Crippen molar-refractivity contribution in [2.24, 2.45) is 0 Å². The van der Waals surface area contributed by atoms with E-state index in [1.807, 2.05) is 25.1 Å². The molecule has 1 aliphatic rings. The third-order valence-corrected chi connectivity index (χ3v) is 8.98. The molecule has 1 saturated heterocycles. The van der Waals surface area contributed by atoms with Gasteiger partial charge in [0, 0.05) is 41.9 Å². The van der Waals surface area contributed by atoms with Gasteiger partial charge in [0.2, 0.25) is 9.47 Å². The minimum atomic E-state index is -3.85. The van der Waals surface area contributed by atoms with Crippen LogP contribution in [0.5, 0.6) is 0 Å². The van der Waals surface area contributed by atoms with Gasteiger partial charge in [0.25, 0.3) is 15.9 Å². The van der Waals surface area contributed by atoms with E-state index in [1.165, 1.54) is 22.5 Å². The second kappa shape index (κ2) is 9.73. The Balaban J connectivity index is 1.43. The quantitative estimate of drug-likeness (QED) is 0.471. The van der Waals surface area contributed by atoms with Crippen molar-refractivity contribution >= 4 is 72.9 Å². The van der Waals surface area contributed by atoms with Crippen molar-refractivity contribution in [2.75, 3.05) is 36.4 Å². The van der Waals surface area contributed by atoms with Crippen molar-refractivity contribution < 1.29 is 13.2 Å². The van der Waals surface area contributed by atoms with Crippen LogP contribution in [-0.4, -0.2) is 55.0 Å². The molecule has 0 aliphatic carbocycles. The van der Waals surface area contributed by atoms with Crippen molar-refractivity contribution in [3.63, 3.8) is 0 Å². The number of hydrogen-bond acceptors (Lipinski definition) is 7. The van der Waals surface area contributed by atoms with Gasteiger partial charge in [-0.25, -0.2) is 8.42 Å². The second-order valence-corrected chi connectivity index (χ2v) is 11.6. The summed E-state index contributed by atoms with van der Waals surface area (Å²) >= 11 is 18.8. The molecule has 13 heteroatoms. The lowest BCUT2D eigenvalue weighted by molar-refractivity contribution is 0.102. The highest BCUT2D eigenvalue weighted by Gasteiger charge is 2.32. The van der Waals surface area contributed by atoms with E-state index in [4.69, 9.17) is 34.8 Å². The standard InChI is InChI=1S/C20H18Cl3N5O3S2/c1-12-2-3-14(22)11-17(12)27-6-8-28(9-7-27)33(30,31)20-26-25-19(32-20)24-18(29)15-5-4-13(21)10-16(15)23/h2-5,10-11H,6-9H2,1H3,(H,24,25,29). The molecule has 8 nitrogen and oxygen atoms in total. The molecule has 1 fully saturated rings. The van der Waals surface area contributed by atoms with Crippen LogP contribution in [0.2, 0.25) is 15.1 Å². The number of rotatable bonds is 5. The van der Waals surface area contributed by atoms with E-state index in [2.05, 4.69) is 20.4 Å². The molecule has 33 heavy (non-hydrogen) atoms. The van der Waals surface area contributed by atoms with Crippen LogP contribution in [0, 0.1) is 6.92 Å². The van der Waals surface area contributed by atoms with E-state index in [0.29, 0.717) is 23.1 Å². The van der Waals surface area contributed by atoms with Crippen molar-refractivity contribution in [3.8, 4) is 0 Å². The van der Waals surface area contributed by atoms with Gasteiger partial charge >= 0.3 is 0 Å². The number of sulfonamides is 1. The molecule has 1 N–H and O–H groups in total. The number of carbonyl (C=O) groups is 1. The zero-order chi connectivity index (χ0) is 23.8. The van der Waals surface area contributed by atoms with Crippen LogP contribution < -0.4 is 10.2 Å². The highest BCUT2D eigenvalue weighted by Crippen LogP contribution is 2.29. The molecule has 1 aliphatic heterocycles. The van der Waals surface area contributed by atoms with Crippen LogP contribution in [0.25, 0.3) is 0 Å². The van der Waals surface area contributed by atoms with Gasteiger partial charge in [-0.2, -0.15) is 4.31 Å². The fraction of sp³-hybridized carbons (Fsp3) is 0.250. The first-order chi connectivity index (χ1) is 15.6. The first-order valence-electron chi connectivity index (χ1n) is 9.76. The lowest BCUT2D eigenvalue weighted by Gasteiger charge is -2.35. The molecule has 4 rings (SSSR count). The third kappa shape index (κ3) is 5.26. The average Bonchev–Trinajstić information content (AvgIpc) is 3.25. The number of aryl methyl sites for hydroxylation is 1. The number of amides is 1. The van der Waals surface area contributed by atoms with Crippen LogP contribution in [0.1, 0.15) is 15.9 Å². The Bertz CT molecular complexity index is 1310. The molecule has 0 bridgehead atoms. The van der Waals surface area contributed by atoms with E-state index >= 15 is 0 Å². The number of anilines is 2. The molecule has 3 aromatic rings. The molecule has 2 heterocycles. The molecule has 0 unspecified atom stereocenters. The van der Waals surface area contributed by atoms with Gasteiger partial charge in [-0.3, -0.25) is 10.1 Å². The van der Waals surface area contributed by atoms with Gasteiger partial charge in [-0.15, -0.1) is 10.2 Å². The van der Waals surface area contributed by atoms with Gasteiger partial charge in [0.1, 0.15) is 0 Å². The molecule has 0 atom stereocenters. The molecule has 0 spiro atoms. The van der Waals surface area contributed by atoms with Crippen LogP contribution >= 0.6 is 46.1 Å². The summed E-state index contributed by atoms with van der Waals surface area (Å²) in [6.07, 6.45) is 0. The Kier molecular flexibility index (Phi) is 7.13. The fourth-order valence-electron chi connectivity index (χ4n) is 3.41. The molecular formula is C20H18Cl3N5O3S2. The summed E-state index contributed by atoms with van der Waals surface area (Å²) < 4.78 is 27.3. The Hall–Kier alpha value is -1.95. The molecule has 2 aromatic carbocycles. The second-order valence-electron chi connectivity index (χ2n) is 7.27. The normalized spacial score (nSPS) is 15.0. The fourth-order valence-corrected chi connectivity index (χ4v) is 6.52. The Morgan fingerprint density at radius 1 is 1.00 bits per heavy atom. The molecule has 1 aromatic heterocycles. The first kappa shape index (κ1) is 24.2. The molecule has 174 valence electrons. The summed E-state index contributed by atoms with van der Waals surface area (Å²) in [6, 6.07) is 10.1. The van der Waals surface area contributed by atoms with E-state index < -0.39 is 15.9 Å². The Morgan fingerprint density at radius 2 is 1.67 bits per heavy atom. The highest BCUT2D eigenvalue weighted by atomic mass is 35.5. The van der Waals surface area contributed by atoms with Crippen LogP contribution in [-0.2, 0) is 10.0 Å². The maximum absolute atomic E-state index is 13.1. The van der Waals surface area contributed by atoms with Gasteiger partial charge in [-0.1, -0.05) is 52.2 Å². The Morgan fingerprint density at radius 3 is 2.36 bits per heavy atom. The van der Waals surface area contributed by atoms with Gasteiger partial charge in [0.15, 0.2) is 0 Å². The number of benzene rings is 2. The minimum absolute atomic E-state index is 0.0535. The molecule has 1 amide bonds. The van der Waals surface area contributed by atoms with E-state index in [-0.39, 0.29) is 33.1 Å². The van der Waals surface area contributed by atoms with Crippen molar-refractivity contribution in [2.45, 2.75) is 11.3 Å². The number of nitrogens with zero attached hydrogens (tertiary/aromatic N) is 4. The largest absolute Gasteiger partial charge is 0.369 e. The van der Waals surface area contributed by atoms with Crippen LogP contribution in [0.15, 0.2) is 40.7 Å². The molecular weight excluding hydrogens is 529 g/mol. The van der Waals surface area contributed by atoms with Gasteiger partial charge < -0.3 is 4.90 Å². The van der Waals surface area contributed by atoms with Crippen LogP contribution in [0.3, 0.4) is 0 Å². The Labute approximate surface area is 210 Å². The molecule has 0 radical (unpaired) electrons. The summed E-state index contributed by atoms with van der Waals surface area (Å²) in [6.45, 7) is 3.59. The van der Waals surface area contributed by atoms with E-state index in [1.54, 1.807) is 0 Å². The smallest absolute Gasteiger partial charge is 0.272 e. The first-order valence-corrected chi connectivity index (χ1v) is 13.2. The van der Waals surface area contributed by atoms with Crippen LogP contribution in [0.4, 0.5) is 10.8 Å². The summed E-state index contributed by atoms with van der Waals surface area (Å²) in [5.41, 5.74) is 2.25. The minimum Gasteiger partial charge on any atom is -0.369 e. The highest BCUT2D eigenvalue weighted by molar-refractivity contribution is 7.91. The van der Waals surface area contributed by atoms with Crippen molar-refractivity contribution in [1.29, 1.82) is 0 Å². The number of piperazine rings is 1. The summed E-state index contributed by atoms with van der Waals surface area (Å²) in [7, 11) is -3.85. The van der Waals surface area contributed by atoms with Gasteiger partial charge in [0.05, 0.1) is 10.6 Å². The summed E-state index contributed by atoms with van der Waals surface area (Å²) in [4.78, 5) is 14.6. The van der Waals surface area contributed by atoms with Crippen molar-refractivity contribution in [1.82, 2.24) is 14.5 Å². The topological polar surface area (TPSA) is 95.5 Å². The molecule has 0 saturated carbocycles. The number of carbonyl (C=O) groups excluding carboxylic acids is 1. The SMILES string of the molecule is Cc1ccc(Cl)cc1N1CCN(S(=O)(=O)c2nnc(NC(=O)c3ccc(Cl)cc3Cl)s2)CC1. The van der Waals surface area contributed by atoms with Crippen molar-refractivity contribution in [3.05, 3.63) is 62.6 Å². The predicted octanol–water partition coefficient (Wildman–Crippen LogP) is 4.57.